The van der Waals surface area contributed by atoms with Crippen LogP contribution in [0.1, 0.15) is 31.4 Å². The zero-order valence-corrected chi connectivity index (χ0v) is 14.2. The molecule has 0 aliphatic carbocycles. The highest BCUT2D eigenvalue weighted by Crippen LogP contribution is 2.31. The number of hydrogen-bond donors (Lipinski definition) is 1. The lowest BCUT2D eigenvalue weighted by molar-refractivity contribution is 0.479. The minimum absolute atomic E-state index is 0.162. The lowest BCUT2D eigenvalue weighted by Crippen LogP contribution is -2.17. The van der Waals surface area contributed by atoms with Crippen molar-refractivity contribution in [2.75, 3.05) is 0 Å². The summed E-state index contributed by atoms with van der Waals surface area (Å²) in [5.41, 5.74) is 8.38. The van der Waals surface area contributed by atoms with Crippen molar-refractivity contribution in [3.05, 3.63) is 58.1 Å². The fourth-order valence-electron chi connectivity index (χ4n) is 2.27. The van der Waals surface area contributed by atoms with Crippen molar-refractivity contribution in [2.24, 2.45) is 5.73 Å². The van der Waals surface area contributed by atoms with Crippen molar-refractivity contribution < 1.29 is 4.74 Å². The second-order valence-electron chi connectivity index (χ2n) is 5.44. The topological polar surface area (TPSA) is 35.2 Å². The van der Waals surface area contributed by atoms with Gasteiger partial charge in [-0.3, -0.25) is 0 Å². The van der Waals surface area contributed by atoms with E-state index in [2.05, 4.69) is 47.1 Å². The molecule has 1 atom stereocenters. The summed E-state index contributed by atoms with van der Waals surface area (Å²) in [7, 11) is 0. The molecule has 0 bridgehead atoms. The Morgan fingerprint density at radius 1 is 1.10 bits per heavy atom. The van der Waals surface area contributed by atoms with E-state index in [1.807, 2.05) is 25.1 Å². The van der Waals surface area contributed by atoms with E-state index in [-0.39, 0.29) is 6.04 Å². The van der Waals surface area contributed by atoms with Gasteiger partial charge in [0.05, 0.1) is 4.47 Å². The maximum absolute atomic E-state index is 5.92. The molecule has 0 aromatic heterocycles. The van der Waals surface area contributed by atoms with Gasteiger partial charge in [-0.25, -0.2) is 0 Å². The lowest BCUT2D eigenvalue weighted by Gasteiger charge is -2.11. The summed E-state index contributed by atoms with van der Waals surface area (Å²) in [6.45, 7) is 4.20. The number of nitrogens with two attached hydrogens (primary N) is 1. The van der Waals surface area contributed by atoms with E-state index >= 15 is 0 Å². The van der Waals surface area contributed by atoms with Gasteiger partial charge in [-0.1, -0.05) is 31.5 Å². The Balaban J connectivity index is 2.08. The van der Waals surface area contributed by atoms with Crippen LogP contribution in [0.2, 0.25) is 0 Å². The Morgan fingerprint density at radius 2 is 1.76 bits per heavy atom. The van der Waals surface area contributed by atoms with Gasteiger partial charge < -0.3 is 10.5 Å². The molecular formula is C18H22BrNO. The van der Waals surface area contributed by atoms with E-state index in [1.165, 1.54) is 11.1 Å². The summed E-state index contributed by atoms with van der Waals surface area (Å²) in [6, 6.07) is 14.6. The smallest absolute Gasteiger partial charge is 0.141 e. The van der Waals surface area contributed by atoms with E-state index in [1.54, 1.807) is 0 Å². The second-order valence-corrected chi connectivity index (χ2v) is 6.30. The molecule has 0 amide bonds. The molecule has 0 saturated heterocycles. The first kappa shape index (κ1) is 16.1. The lowest BCUT2D eigenvalue weighted by atomic mass is 10.1. The summed E-state index contributed by atoms with van der Waals surface area (Å²) in [6.07, 6.45) is 3.13. The van der Waals surface area contributed by atoms with E-state index < -0.39 is 0 Å². The fraction of sp³-hybridized carbons (Fsp3) is 0.333. The highest BCUT2D eigenvalue weighted by atomic mass is 79.9. The summed E-state index contributed by atoms with van der Waals surface area (Å²) in [5.74, 6) is 1.68. The van der Waals surface area contributed by atoms with E-state index in [0.29, 0.717) is 0 Å². The maximum atomic E-state index is 5.92. The van der Waals surface area contributed by atoms with E-state index in [9.17, 15) is 0 Å². The molecule has 2 aromatic rings. The van der Waals surface area contributed by atoms with Gasteiger partial charge in [-0.15, -0.1) is 0 Å². The Bertz CT molecular complexity index is 578. The van der Waals surface area contributed by atoms with Crippen LogP contribution in [0.25, 0.3) is 0 Å². The van der Waals surface area contributed by atoms with Crippen LogP contribution in [0, 0.1) is 0 Å². The Morgan fingerprint density at radius 3 is 2.33 bits per heavy atom. The van der Waals surface area contributed by atoms with Crippen LogP contribution in [-0.4, -0.2) is 6.04 Å². The van der Waals surface area contributed by atoms with Gasteiger partial charge in [-0.05, 0) is 71.1 Å². The quantitative estimate of drug-likeness (QED) is 0.790. The van der Waals surface area contributed by atoms with Crippen LogP contribution < -0.4 is 10.5 Å². The van der Waals surface area contributed by atoms with Crippen molar-refractivity contribution in [3.63, 3.8) is 0 Å². The first-order chi connectivity index (χ1) is 10.1. The molecule has 0 heterocycles. The Labute approximate surface area is 135 Å². The van der Waals surface area contributed by atoms with Gasteiger partial charge in [0.2, 0.25) is 0 Å². The van der Waals surface area contributed by atoms with Crippen LogP contribution in [0.3, 0.4) is 0 Å². The Hall–Kier alpha value is -1.32. The summed E-state index contributed by atoms with van der Waals surface area (Å²) >= 11 is 3.57. The molecule has 1 unspecified atom stereocenters. The van der Waals surface area contributed by atoms with Gasteiger partial charge >= 0.3 is 0 Å². The van der Waals surface area contributed by atoms with Gasteiger partial charge in [0.15, 0.2) is 0 Å². The zero-order chi connectivity index (χ0) is 15.2. The monoisotopic (exact) mass is 347 g/mol. The van der Waals surface area contributed by atoms with Gasteiger partial charge in [-0.2, -0.15) is 0 Å². The summed E-state index contributed by atoms with van der Waals surface area (Å²) < 4.78 is 6.88. The first-order valence-corrected chi connectivity index (χ1v) is 8.18. The first-order valence-electron chi connectivity index (χ1n) is 7.39. The minimum Gasteiger partial charge on any atom is -0.456 e. The van der Waals surface area contributed by atoms with E-state index in [4.69, 9.17) is 10.5 Å². The second kappa shape index (κ2) is 7.62. The number of ether oxygens (including phenoxy) is 1. The number of rotatable bonds is 6. The van der Waals surface area contributed by atoms with E-state index in [0.717, 1.165) is 35.2 Å². The average molecular weight is 348 g/mol. The molecule has 2 aromatic carbocycles. The largest absolute Gasteiger partial charge is 0.456 e. The number of aryl methyl sites for hydroxylation is 1. The molecule has 3 heteroatoms. The molecule has 0 fully saturated rings. The molecule has 0 saturated carbocycles. The predicted molar refractivity (Wildman–Crippen MR) is 92.0 cm³/mol. The minimum atomic E-state index is 0.162. The molecule has 0 spiro atoms. The fourth-order valence-corrected chi connectivity index (χ4v) is 2.77. The van der Waals surface area contributed by atoms with Gasteiger partial charge in [0.1, 0.15) is 11.5 Å². The van der Waals surface area contributed by atoms with Gasteiger partial charge in [0, 0.05) is 6.04 Å². The molecule has 21 heavy (non-hydrogen) atoms. The summed E-state index contributed by atoms with van der Waals surface area (Å²) in [5, 5.41) is 0. The van der Waals surface area contributed by atoms with Crippen molar-refractivity contribution in [1.82, 2.24) is 0 Å². The molecule has 112 valence electrons. The van der Waals surface area contributed by atoms with Crippen molar-refractivity contribution in [2.45, 2.75) is 39.2 Å². The molecular weight excluding hydrogens is 326 g/mol. The highest BCUT2D eigenvalue weighted by molar-refractivity contribution is 9.10. The standard InChI is InChI=1S/C18H22BrNO/c1-3-4-14-5-8-16(9-6-14)21-18-10-7-15(11-13(2)20)12-17(18)19/h5-10,12-13H,3-4,11,20H2,1-2H3. The summed E-state index contributed by atoms with van der Waals surface area (Å²) in [4.78, 5) is 0. The molecule has 0 aliphatic heterocycles. The number of halogens is 1. The molecule has 0 radical (unpaired) electrons. The third-order valence-electron chi connectivity index (χ3n) is 3.24. The SMILES string of the molecule is CCCc1ccc(Oc2ccc(CC(C)N)cc2Br)cc1. The van der Waals surface area contributed by atoms with Crippen LogP contribution in [0.15, 0.2) is 46.9 Å². The number of hydrogen-bond acceptors (Lipinski definition) is 2. The van der Waals surface area contributed by atoms with Crippen LogP contribution in [-0.2, 0) is 12.8 Å². The zero-order valence-electron chi connectivity index (χ0n) is 12.6. The van der Waals surface area contributed by atoms with Crippen LogP contribution in [0.4, 0.5) is 0 Å². The van der Waals surface area contributed by atoms with Crippen molar-refractivity contribution in [3.8, 4) is 11.5 Å². The van der Waals surface area contributed by atoms with Crippen molar-refractivity contribution in [1.29, 1.82) is 0 Å². The molecule has 2 N–H and O–H groups in total. The molecule has 2 rings (SSSR count). The average Bonchev–Trinajstić information content (AvgIpc) is 2.43. The van der Waals surface area contributed by atoms with Crippen LogP contribution >= 0.6 is 15.9 Å². The van der Waals surface area contributed by atoms with Gasteiger partial charge in [0.25, 0.3) is 0 Å². The van der Waals surface area contributed by atoms with Crippen LogP contribution in [0.5, 0.6) is 11.5 Å². The normalized spacial score (nSPS) is 12.2. The number of benzene rings is 2. The molecule has 0 aliphatic rings. The highest BCUT2D eigenvalue weighted by Gasteiger charge is 2.06. The Kier molecular flexibility index (Phi) is 5.83. The molecule has 2 nitrogen and oxygen atoms in total. The predicted octanol–water partition coefficient (Wildman–Crippen LogP) is 5.08. The third kappa shape index (κ3) is 4.87. The third-order valence-corrected chi connectivity index (χ3v) is 3.86. The maximum Gasteiger partial charge on any atom is 0.141 e. The van der Waals surface area contributed by atoms with Crippen molar-refractivity contribution >= 4 is 15.9 Å².